The van der Waals surface area contributed by atoms with Crippen LogP contribution in [-0.4, -0.2) is 22.3 Å². The van der Waals surface area contributed by atoms with E-state index in [1.165, 1.54) is 0 Å². The first-order valence-corrected chi connectivity index (χ1v) is 11.1. The third-order valence-electron chi connectivity index (χ3n) is 7.33. The van der Waals surface area contributed by atoms with Gasteiger partial charge in [-0.2, -0.15) is 0 Å². The van der Waals surface area contributed by atoms with Crippen LogP contribution < -0.4 is 0 Å². The Bertz CT molecular complexity index is 896. The molecule has 1 fully saturated rings. The van der Waals surface area contributed by atoms with Gasteiger partial charge in [0.25, 0.3) is 0 Å². The highest BCUT2D eigenvalue weighted by molar-refractivity contribution is 6.24. The molecular formula is C26H36O4. The maximum atomic E-state index is 13.6. The Labute approximate surface area is 180 Å². The first kappa shape index (κ1) is 22.6. The number of hydrogen-bond acceptors (Lipinski definition) is 4. The van der Waals surface area contributed by atoms with Gasteiger partial charge < -0.3 is 9.84 Å². The summed E-state index contributed by atoms with van der Waals surface area (Å²) < 4.78 is 6.64. The van der Waals surface area contributed by atoms with Gasteiger partial charge in [0.15, 0.2) is 11.6 Å². The number of aliphatic hydroxyl groups excluding tert-OH is 1. The smallest absolute Gasteiger partial charge is 0.183 e. The number of carbonyl (C=O) groups excluding carboxylic acids is 2. The van der Waals surface area contributed by atoms with E-state index < -0.39 is 11.0 Å². The fourth-order valence-electron chi connectivity index (χ4n) is 5.33. The van der Waals surface area contributed by atoms with Crippen molar-refractivity contribution < 1.29 is 19.4 Å². The Kier molecular flexibility index (Phi) is 5.68. The maximum absolute atomic E-state index is 13.6. The van der Waals surface area contributed by atoms with E-state index in [4.69, 9.17) is 4.74 Å². The minimum Gasteiger partial charge on any atom is -0.507 e. The maximum Gasteiger partial charge on any atom is 0.183 e. The Hall–Kier alpha value is -2.10. The number of Topliss-reactive ketones (excluding diaryl/α,β-unsaturated/α-hetero) is 2. The summed E-state index contributed by atoms with van der Waals surface area (Å²) in [7, 11) is 0. The summed E-state index contributed by atoms with van der Waals surface area (Å²) in [6.07, 6.45) is 4.94. The average Bonchev–Trinajstić information content (AvgIpc) is 3.00. The lowest BCUT2D eigenvalue weighted by atomic mass is 9.66. The van der Waals surface area contributed by atoms with Crippen molar-refractivity contribution in [2.75, 3.05) is 0 Å². The molecule has 3 rings (SSSR count). The van der Waals surface area contributed by atoms with Gasteiger partial charge in [-0.1, -0.05) is 37.6 Å². The highest BCUT2D eigenvalue weighted by Gasteiger charge is 2.57. The highest BCUT2D eigenvalue weighted by Crippen LogP contribution is 2.58. The van der Waals surface area contributed by atoms with Gasteiger partial charge in [0.2, 0.25) is 0 Å². The molecule has 4 heteroatoms. The van der Waals surface area contributed by atoms with Crippen LogP contribution in [-0.2, 0) is 14.3 Å². The Balaban J connectivity index is 2.20. The van der Waals surface area contributed by atoms with E-state index in [0.29, 0.717) is 30.1 Å². The second kappa shape index (κ2) is 7.55. The van der Waals surface area contributed by atoms with Crippen LogP contribution in [0.1, 0.15) is 74.1 Å². The number of ether oxygens (including phenoxy) is 1. The summed E-state index contributed by atoms with van der Waals surface area (Å²) in [6, 6.07) is 0. The normalized spacial score (nSPS) is 33.3. The molecule has 0 bridgehead atoms. The van der Waals surface area contributed by atoms with E-state index in [9.17, 15) is 14.7 Å². The van der Waals surface area contributed by atoms with Crippen molar-refractivity contribution in [1.29, 1.82) is 0 Å². The third kappa shape index (κ3) is 3.38. The van der Waals surface area contributed by atoms with Gasteiger partial charge >= 0.3 is 0 Å². The van der Waals surface area contributed by atoms with Crippen LogP contribution in [0.4, 0.5) is 0 Å². The number of rotatable bonds is 5. The minimum absolute atomic E-state index is 0.0505. The molecule has 0 aromatic carbocycles. The number of carbonyl (C=O) groups is 2. The monoisotopic (exact) mass is 412 g/mol. The van der Waals surface area contributed by atoms with Crippen LogP contribution in [0.3, 0.4) is 0 Å². The molecule has 3 aliphatic rings. The van der Waals surface area contributed by atoms with Gasteiger partial charge in [-0.15, -0.1) is 0 Å². The largest absolute Gasteiger partial charge is 0.507 e. The molecule has 30 heavy (non-hydrogen) atoms. The molecule has 1 heterocycles. The molecule has 2 unspecified atom stereocenters. The third-order valence-corrected chi connectivity index (χ3v) is 7.33. The zero-order chi connectivity index (χ0) is 22.6. The van der Waals surface area contributed by atoms with E-state index in [0.717, 1.165) is 24.0 Å². The minimum atomic E-state index is -0.992. The molecule has 0 aromatic heterocycles. The highest BCUT2D eigenvalue weighted by atomic mass is 16.5. The molecule has 1 aliphatic heterocycles. The van der Waals surface area contributed by atoms with Crippen molar-refractivity contribution in [3.63, 3.8) is 0 Å². The molecule has 0 amide bonds. The Morgan fingerprint density at radius 1 is 1.30 bits per heavy atom. The Morgan fingerprint density at radius 2 is 1.93 bits per heavy atom. The summed E-state index contributed by atoms with van der Waals surface area (Å²) in [4.78, 5) is 26.6. The van der Waals surface area contributed by atoms with Crippen LogP contribution in [0.15, 0.2) is 46.5 Å². The molecule has 1 saturated carbocycles. The molecule has 0 spiro atoms. The molecule has 0 saturated heterocycles. The van der Waals surface area contributed by atoms with Gasteiger partial charge in [0.1, 0.15) is 22.7 Å². The predicted molar refractivity (Wildman–Crippen MR) is 119 cm³/mol. The number of ketones is 2. The van der Waals surface area contributed by atoms with Crippen molar-refractivity contribution in [2.45, 2.75) is 79.8 Å². The lowest BCUT2D eigenvalue weighted by Gasteiger charge is -2.47. The summed E-state index contributed by atoms with van der Waals surface area (Å²) in [5.74, 6) is -0.128. The molecule has 1 N–H and O–H groups in total. The topological polar surface area (TPSA) is 63.6 Å². The quantitative estimate of drug-likeness (QED) is 0.444. The van der Waals surface area contributed by atoms with E-state index in [2.05, 4.69) is 13.5 Å². The molecule has 4 atom stereocenters. The van der Waals surface area contributed by atoms with Crippen molar-refractivity contribution >= 4 is 11.6 Å². The number of fused-ring (bicyclic) bond motifs is 1. The van der Waals surface area contributed by atoms with Crippen molar-refractivity contribution in [2.24, 2.45) is 23.2 Å². The molecule has 4 nitrogen and oxygen atoms in total. The van der Waals surface area contributed by atoms with Gasteiger partial charge in [-0.25, -0.2) is 0 Å². The van der Waals surface area contributed by atoms with Crippen molar-refractivity contribution in [3.8, 4) is 0 Å². The summed E-state index contributed by atoms with van der Waals surface area (Å²) in [5, 5.41) is 11.2. The van der Waals surface area contributed by atoms with Crippen molar-refractivity contribution in [1.82, 2.24) is 0 Å². The first-order chi connectivity index (χ1) is 13.8. The Morgan fingerprint density at radius 3 is 2.47 bits per heavy atom. The summed E-state index contributed by atoms with van der Waals surface area (Å²) in [6.45, 7) is 17.7. The second-order valence-electron chi connectivity index (χ2n) is 10.4. The zero-order valence-electron chi connectivity index (χ0n) is 19.5. The molecule has 164 valence electrons. The molecule has 0 aromatic rings. The number of hydrogen-bond donors (Lipinski definition) is 1. The predicted octanol–water partition coefficient (Wildman–Crippen LogP) is 6.00. The van der Waals surface area contributed by atoms with Crippen molar-refractivity contribution in [3.05, 3.63) is 46.5 Å². The van der Waals surface area contributed by atoms with Crippen LogP contribution >= 0.6 is 0 Å². The SMILES string of the molecule is C=C(C)[C@@H]1CC[C@@]2(C)OC3=C(CC12)C(O)=C(C(=O)C(C)C)C(=O)C3(C)CC=C(C)C. The molecule has 2 aliphatic carbocycles. The van der Waals surface area contributed by atoms with Gasteiger partial charge in [0.05, 0.1) is 5.41 Å². The van der Waals surface area contributed by atoms with Gasteiger partial charge in [-0.3, -0.25) is 9.59 Å². The number of allylic oxidation sites excluding steroid dienone is 6. The van der Waals surface area contributed by atoms with Crippen LogP contribution in [0, 0.1) is 23.2 Å². The lowest BCUT2D eigenvalue weighted by Crippen LogP contribution is -2.48. The molecule has 0 radical (unpaired) electrons. The van der Waals surface area contributed by atoms with Crippen LogP contribution in [0.25, 0.3) is 0 Å². The van der Waals surface area contributed by atoms with E-state index in [-0.39, 0.29) is 34.7 Å². The first-order valence-electron chi connectivity index (χ1n) is 11.1. The van der Waals surface area contributed by atoms with E-state index in [1.54, 1.807) is 13.8 Å². The van der Waals surface area contributed by atoms with Gasteiger partial charge in [-0.05, 0) is 66.2 Å². The molecular weight excluding hydrogens is 376 g/mol. The van der Waals surface area contributed by atoms with E-state index >= 15 is 0 Å². The summed E-state index contributed by atoms with van der Waals surface area (Å²) in [5.41, 5.74) is 1.43. The zero-order valence-corrected chi connectivity index (χ0v) is 19.5. The van der Waals surface area contributed by atoms with Crippen LogP contribution in [0.5, 0.6) is 0 Å². The van der Waals surface area contributed by atoms with Crippen LogP contribution in [0.2, 0.25) is 0 Å². The second-order valence-corrected chi connectivity index (χ2v) is 10.4. The van der Waals surface area contributed by atoms with E-state index in [1.807, 2.05) is 33.8 Å². The summed E-state index contributed by atoms with van der Waals surface area (Å²) >= 11 is 0. The average molecular weight is 413 g/mol. The fraction of sp³-hybridized carbons (Fsp3) is 0.615. The van der Waals surface area contributed by atoms with Gasteiger partial charge in [0, 0.05) is 17.4 Å². The number of aliphatic hydroxyl groups is 1. The lowest BCUT2D eigenvalue weighted by molar-refractivity contribution is -0.132. The fourth-order valence-corrected chi connectivity index (χ4v) is 5.33. The standard InChI is InChI=1S/C26H36O4/c1-14(2)9-11-25(7)23(29)20(21(27)16(5)6)22(28)18-13-19-17(15(3)4)10-12-26(19,8)30-24(18)25/h9,16-17,19,28H,3,10-13H2,1-2,4-8H3/t17-,19?,25?,26+/m0/s1.